The van der Waals surface area contributed by atoms with E-state index in [0.29, 0.717) is 19.1 Å². The number of benzene rings is 1. The van der Waals surface area contributed by atoms with Crippen LogP contribution >= 0.6 is 0 Å². The summed E-state index contributed by atoms with van der Waals surface area (Å²) in [4.78, 5) is 6.68. The molecule has 0 aliphatic heterocycles. The lowest BCUT2D eigenvalue weighted by Gasteiger charge is -2.28. The summed E-state index contributed by atoms with van der Waals surface area (Å²) in [6.45, 7) is 3.45. The Bertz CT molecular complexity index is 784. The van der Waals surface area contributed by atoms with Crippen molar-refractivity contribution in [2.45, 2.75) is 44.2 Å². The molecule has 0 spiro atoms. The van der Waals surface area contributed by atoms with Gasteiger partial charge in [0.15, 0.2) is 5.96 Å². The van der Waals surface area contributed by atoms with Gasteiger partial charge in [-0.15, -0.1) is 0 Å². The van der Waals surface area contributed by atoms with Crippen molar-refractivity contribution < 1.29 is 9.52 Å². The van der Waals surface area contributed by atoms with E-state index in [-0.39, 0.29) is 0 Å². The molecule has 6 nitrogen and oxygen atoms in total. The third-order valence-electron chi connectivity index (χ3n) is 5.17. The average Bonchev–Trinajstić information content (AvgIpc) is 3.18. The van der Waals surface area contributed by atoms with Gasteiger partial charge < -0.3 is 25.1 Å². The van der Waals surface area contributed by atoms with Crippen LogP contribution in [0.5, 0.6) is 0 Å². The molecular weight excluding hydrogens is 364 g/mol. The van der Waals surface area contributed by atoms with Gasteiger partial charge in [-0.1, -0.05) is 24.3 Å². The first-order valence-electron chi connectivity index (χ1n) is 10.4. The van der Waals surface area contributed by atoms with Gasteiger partial charge in [0, 0.05) is 25.6 Å². The van der Waals surface area contributed by atoms with Gasteiger partial charge in [0.2, 0.25) is 0 Å². The number of furan rings is 1. The lowest BCUT2D eigenvalue weighted by molar-refractivity contribution is 0.0423. The molecule has 1 aromatic heterocycles. The number of aliphatic imine (C=N–C) groups is 1. The summed E-state index contributed by atoms with van der Waals surface area (Å²) >= 11 is 0. The van der Waals surface area contributed by atoms with E-state index in [0.717, 1.165) is 43.9 Å². The van der Waals surface area contributed by atoms with Crippen molar-refractivity contribution in [3.05, 3.63) is 59.5 Å². The minimum atomic E-state index is -0.877. The van der Waals surface area contributed by atoms with Gasteiger partial charge >= 0.3 is 0 Å². The maximum atomic E-state index is 10.6. The molecule has 6 heteroatoms. The quantitative estimate of drug-likeness (QED) is 0.470. The van der Waals surface area contributed by atoms with E-state index >= 15 is 0 Å². The minimum Gasteiger partial charge on any atom is -0.469 e. The Morgan fingerprint density at radius 2 is 2.03 bits per heavy atom. The van der Waals surface area contributed by atoms with Crippen LogP contribution in [0.3, 0.4) is 0 Å². The van der Waals surface area contributed by atoms with Crippen molar-refractivity contribution in [2.75, 3.05) is 33.7 Å². The Balaban J connectivity index is 1.62. The zero-order valence-electron chi connectivity index (χ0n) is 17.8. The third-order valence-corrected chi connectivity index (χ3v) is 5.17. The number of guanidine groups is 1. The summed E-state index contributed by atoms with van der Waals surface area (Å²) in [7, 11) is 3.91. The molecule has 1 aliphatic carbocycles. The second-order valence-electron chi connectivity index (χ2n) is 8.51. The van der Waals surface area contributed by atoms with Gasteiger partial charge in [-0.2, -0.15) is 0 Å². The second kappa shape index (κ2) is 9.94. The smallest absolute Gasteiger partial charge is 0.191 e. The first-order valence-corrected chi connectivity index (χ1v) is 10.4. The summed E-state index contributed by atoms with van der Waals surface area (Å²) in [5.41, 5.74) is 1.98. The molecule has 2 unspecified atom stereocenters. The molecule has 3 rings (SSSR count). The summed E-state index contributed by atoms with van der Waals surface area (Å²) in [5, 5.41) is 17.6. The second-order valence-corrected chi connectivity index (χ2v) is 8.51. The van der Waals surface area contributed by atoms with E-state index in [1.807, 2.05) is 38.1 Å². The number of hydrogen-bond acceptors (Lipinski definition) is 4. The summed E-state index contributed by atoms with van der Waals surface area (Å²) in [5.74, 6) is 1.70. The van der Waals surface area contributed by atoms with Gasteiger partial charge in [0.1, 0.15) is 5.76 Å². The zero-order chi connectivity index (χ0) is 20.7. The van der Waals surface area contributed by atoms with Crippen LogP contribution < -0.4 is 10.6 Å². The van der Waals surface area contributed by atoms with Crippen molar-refractivity contribution in [3.63, 3.8) is 0 Å². The standard InChI is InChI=1S/C23H34N4O2/c1-23(28,17-27(2)3)16-25-22(24-13-12-21-9-6-14-29-21)26-20-11-10-18-7-4-5-8-19(18)15-20/h4-9,14,20,28H,10-13,15-17H2,1-3H3,(H2,24,25,26). The highest BCUT2D eigenvalue weighted by molar-refractivity contribution is 5.80. The first-order chi connectivity index (χ1) is 13.9. The average molecular weight is 399 g/mol. The Hall–Kier alpha value is -2.31. The SMILES string of the molecule is CN(C)CC(C)(O)CN=C(NCCc1ccco1)NC1CCc2ccccc2C1. The van der Waals surface area contributed by atoms with E-state index in [9.17, 15) is 5.11 Å². The Morgan fingerprint density at radius 3 is 2.76 bits per heavy atom. The van der Waals surface area contributed by atoms with Crippen molar-refractivity contribution in [1.29, 1.82) is 0 Å². The fourth-order valence-corrected chi connectivity index (χ4v) is 3.91. The maximum Gasteiger partial charge on any atom is 0.191 e. The van der Waals surface area contributed by atoms with Gasteiger partial charge in [-0.05, 0) is 63.5 Å². The first kappa shape index (κ1) is 21.4. The van der Waals surface area contributed by atoms with Gasteiger partial charge in [0.05, 0.1) is 18.4 Å². The van der Waals surface area contributed by atoms with Crippen molar-refractivity contribution in [1.82, 2.24) is 15.5 Å². The molecule has 1 aliphatic rings. The number of aryl methyl sites for hydroxylation is 1. The maximum absolute atomic E-state index is 10.6. The summed E-state index contributed by atoms with van der Waals surface area (Å²) in [6, 6.07) is 12.9. The van der Waals surface area contributed by atoms with Crippen LogP contribution in [0.15, 0.2) is 52.1 Å². The Kier molecular flexibility index (Phi) is 7.34. The van der Waals surface area contributed by atoms with Crippen LogP contribution in [0.4, 0.5) is 0 Å². The molecule has 0 saturated heterocycles. The number of nitrogens with one attached hydrogen (secondary N) is 2. The lowest BCUT2D eigenvalue weighted by Crippen LogP contribution is -2.47. The number of hydrogen-bond donors (Lipinski definition) is 3. The van der Waals surface area contributed by atoms with E-state index in [2.05, 4.69) is 34.9 Å². The fourth-order valence-electron chi connectivity index (χ4n) is 3.91. The number of likely N-dealkylation sites (N-methyl/N-ethyl adjacent to an activating group) is 1. The fraction of sp³-hybridized carbons (Fsp3) is 0.522. The molecule has 2 aromatic rings. The largest absolute Gasteiger partial charge is 0.469 e. The predicted octanol–water partition coefficient (Wildman–Crippen LogP) is 2.23. The van der Waals surface area contributed by atoms with Crippen LogP contribution in [0.2, 0.25) is 0 Å². The molecule has 0 amide bonds. The van der Waals surface area contributed by atoms with Crippen molar-refractivity contribution >= 4 is 5.96 Å². The third kappa shape index (κ3) is 6.91. The highest BCUT2D eigenvalue weighted by atomic mass is 16.3. The Morgan fingerprint density at radius 1 is 1.24 bits per heavy atom. The highest BCUT2D eigenvalue weighted by Crippen LogP contribution is 2.21. The molecule has 0 saturated carbocycles. The predicted molar refractivity (Wildman–Crippen MR) is 117 cm³/mol. The topological polar surface area (TPSA) is 73.0 Å². The van der Waals surface area contributed by atoms with Gasteiger partial charge in [0.25, 0.3) is 0 Å². The molecule has 1 aromatic carbocycles. The molecule has 29 heavy (non-hydrogen) atoms. The van der Waals surface area contributed by atoms with E-state index < -0.39 is 5.60 Å². The zero-order valence-corrected chi connectivity index (χ0v) is 17.8. The van der Waals surface area contributed by atoms with Crippen LogP contribution in [-0.2, 0) is 19.3 Å². The summed E-state index contributed by atoms with van der Waals surface area (Å²) < 4.78 is 5.42. The number of nitrogens with zero attached hydrogens (tertiary/aromatic N) is 2. The Labute approximate surface area is 174 Å². The molecule has 2 atom stereocenters. The molecular formula is C23H34N4O2. The van der Waals surface area contributed by atoms with E-state index in [1.54, 1.807) is 6.26 Å². The van der Waals surface area contributed by atoms with Crippen LogP contribution in [-0.4, -0.2) is 61.3 Å². The van der Waals surface area contributed by atoms with Crippen LogP contribution in [0.1, 0.15) is 30.2 Å². The minimum absolute atomic E-state index is 0.332. The number of rotatable bonds is 8. The van der Waals surface area contributed by atoms with Gasteiger partial charge in [-0.25, -0.2) is 0 Å². The molecule has 3 N–H and O–H groups in total. The van der Waals surface area contributed by atoms with Crippen molar-refractivity contribution in [2.24, 2.45) is 4.99 Å². The summed E-state index contributed by atoms with van der Waals surface area (Å²) in [6.07, 6.45) is 5.62. The van der Waals surface area contributed by atoms with Crippen molar-refractivity contribution in [3.8, 4) is 0 Å². The molecule has 0 bridgehead atoms. The van der Waals surface area contributed by atoms with Crippen LogP contribution in [0.25, 0.3) is 0 Å². The van der Waals surface area contributed by atoms with E-state index in [1.165, 1.54) is 11.1 Å². The number of fused-ring (bicyclic) bond motifs is 1. The van der Waals surface area contributed by atoms with Crippen LogP contribution in [0, 0.1) is 0 Å². The highest BCUT2D eigenvalue weighted by Gasteiger charge is 2.23. The lowest BCUT2D eigenvalue weighted by atomic mass is 9.88. The molecule has 0 fully saturated rings. The molecule has 1 heterocycles. The van der Waals surface area contributed by atoms with E-state index in [4.69, 9.17) is 9.41 Å². The van der Waals surface area contributed by atoms with Gasteiger partial charge in [-0.3, -0.25) is 4.99 Å². The molecule has 158 valence electrons. The molecule has 0 radical (unpaired) electrons. The normalized spacial score (nSPS) is 18.9. The number of aliphatic hydroxyl groups is 1. The monoisotopic (exact) mass is 398 g/mol.